The number of benzene rings is 2. The van der Waals surface area contributed by atoms with E-state index >= 15 is 0 Å². The van der Waals surface area contributed by atoms with Crippen LogP contribution < -0.4 is 10.2 Å². The smallest absolute Gasteiger partial charge is 0.326 e. The van der Waals surface area contributed by atoms with Gasteiger partial charge in [-0.2, -0.15) is 4.98 Å². The van der Waals surface area contributed by atoms with Gasteiger partial charge in [0.2, 0.25) is 5.82 Å². The summed E-state index contributed by atoms with van der Waals surface area (Å²) in [5, 5.41) is 9.40. The zero-order valence-corrected chi connectivity index (χ0v) is 20.7. The fraction of sp³-hybridized carbons (Fsp3) is 0.222. The molecule has 0 spiro atoms. The average Bonchev–Trinajstić information content (AvgIpc) is 3.50. The lowest BCUT2D eigenvalue weighted by atomic mass is 9.92. The van der Waals surface area contributed by atoms with Crippen molar-refractivity contribution in [2.75, 3.05) is 4.90 Å². The van der Waals surface area contributed by atoms with Crippen molar-refractivity contribution in [2.45, 2.75) is 40.7 Å². The van der Waals surface area contributed by atoms with E-state index in [4.69, 9.17) is 9.51 Å². The Bertz CT molecular complexity index is 1420. The number of anilines is 1. The number of hydrogen-bond acceptors (Lipinski definition) is 5. The number of nitrogens with zero attached hydrogens (tertiary/aromatic N) is 3. The fourth-order valence-electron chi connectivity index (χ4n) is 4.23. The lowest BCUT2D eigenvalue weighted by Gasteiger charge is -2.35. The Morgan fingerprint density at radius 3 is 2.35 bits per heavy atom. The summed E-state index contributed by atoms with van der Waals surface area (Å²) in [5.41, 5.74) is 7.97. The number of rotatable bonds is 4. The summed E-state index contributed by atoms with van der Waals surface area (Å²) in [6.45, 7) is 10.2. The van der Waals surface area contributed by atoms with E-state index in [9.17, 15) is 4.79 Å². The van der Waals surface area contributed by atoms with Crippen molar-refractivity contribution in [1.29, 1.82) is 0 Å². The number of urea groups is 1. The Labute approximate surface area is 202 Å². The molecule has 0 radical (unpaired) electrons. The number of carbonyl (C=O) groups excluding carboxylic acids is 1. The molecule has 2 aromatic carbocycles. The van der Waals surface area contributed by atoms with Crippen molar-refractivity contribution in [3.63, 3.8) is 0 Å². The molecular weight excluding hydrogens is 444 g/mol. The highest BCUT2D eigenvalue weighted by molar-refractivity contribution is 7.13. The summed E-state index contributed by atoms with van der Waals surface area (Å²) >= 11 is 1.56. The van der Waals surface area contributed by atoms with Crippen LogP contribution >= 0.6 is 11.3 Å². The molecule has 3 heterocycles. The van der Waals surface area contributed by atoms with Gasteiger partial charge >= 0.3 is 6.03 Å². The van der Waals surface area contributed by atoms with Crippen LogP contribution in [-0.4, -0.2) is 16.2 Å². The minimum atomic E-state index is -0.411. The predicted molar refractivity (Wildman–Crippen MR) is 136 cm³/mol. The number of aromatic nitrogens is 2. The molecule has 172 valence electrons. The monoisotopic (exact) mass is 470 g/mol. The van der Waals surface area contributed by atoms with Crippen LogP contribution in [-0.2, 0) is 0 Å². The zero-order chi connectivity index (χ0) is 24.0. The first-order valence-electron chi connectivity index (χ1n) is 11.2. The first-order valence-corrected chi connectivity index (χ1v) is 12.0. The van der Waals surface area contributed by atoms with Crippen molar-refractivity contribution in [1.82, 2.24) is 15.5 Å². The van der Waals surface area contributed by atoms with E-state index in [2.05, 4.69) is 43.4 Å². The molecule has 1 aliphatic heterocycles. The highest BCUT2D eigenvalue weighted by Crippen LogP contribution is 2.40. The summed E-state index contributed by atoms with van der Waals surface area (Å²) in [5.74, 6) is 0.941. The van der Waals surface area contributed by atoms with Crippen LogP contribution in [0.15, 0.2) is 64.1 Å². The Kier molecular flexibility index (Phi) is 5.57. The van der Waals surface area contributed by atoms with Crippen molar-refractivity contribution < 1.29 is 9.32 Å². The number of nitrogens with one attached hydrogen (secondary N) is 1. The van der Waals surface area contributed by atoms with Crippen molar-refractivity contribution in [2.24, 2.45) is 0 Å². The predicted octanol–water partition coefficient (Wildman–Crippen LogP) is 6.73. The molecule has 2 aromatic heterocycles. The van der Waals surface area contributed by atoms with Gasteiger partial charge in [-0.25, -0.2) is 4.79 Å². The minimum Gasteiger partial charge on any atom is -0.334 e. The largest absolute Gasteiger partial charge is 0.334 e. The fourth-order valence-corrected chi connectivity index (χ4v) is 4.88. The van der Waals surface area contributed by atoms with Crippen LogP contribution in [0.5, 0.6) is 0 Å². The molecule has 4 aromatic rings. The Hall–Kier alpha value is -3.71. The molecule has 0 saturated heterocycles. The maximum absolute atomic E-state index is 13.4. The summed E-state index contributed by atoms with van der Waals surface area (Å²) in [6, 6.07) is 15.6. The van der Waals surface area contributed by atoms with E-state index in [1.807, 2.05) is 55.6 Å². The average molecular weight is 471 g/mol. The van der Waals surface area contributed by atoms with Gasteiger partial charge in [-0.3, -0.25) is 4.90 Å². The molecule has 1 unspecified atom stereocenters. The van der Waals surface area contributed by atoms with Gasteiger partial charge in [-0.05, 0) is 86.0 Å². The Balaban J connectivity index is 1.68. The molecular formula is C27H26N4O2S. The van der Waals surface area contributed by atoms with Crippen molar-refractivity contribution in [3.05, 3.63) is 93.3 Å². The van der Waals surface area contributed by atoms with Crippen LogP contribution in [0.1, 0.15) is 46.7 Å². The van der Waals surface area contributed by atoms with Gasteiger partial charge in [0.05, 0.1) is 22.2 Å². The molecule has 34 heavy (non-hydrogen) atoms. The second-order valence-corrected chi connectivity index (χ2v) is 9.68. The zero-order valence-electron chi connectivity index (χ0n) is 19.8. The molecule has 7 heteroatoms. The number of amides is 2. The maximum Gasteiger partial charge on any atom is 0.326 e. The normalized spacial score (nSPS) is 16.2. The summed E-state index contributed by atoms with van der Waals surface area (Å²) in [7, 11) is 0. The molecule has 1 aliphatic rings. The van der Waals surface area contributed by atoms with Crippen LogP contribution in [0, 0.1) is 27.7 Å². The SMILES string of the molecule is CC1=C(c2nc(-c3cccs3)no2)C(c2ccc(C)c(C)c2)NC(=O)N1c1ccc(C)c(C)c1. The first kappa shape index (κ1) is 22.1. The van der Waals surface area contributed by atoms with Gasteiger partial charge in [0.1, 0.15) is 0 Å². The molecule has 0 bridgehead atoms. The number of aryl methyl sites for hydroxylation is 4. The summed E-state index contributed by atoms with van der Waals surface area (Å²) < 4.78 is 5.78. The van der Waals surface area contributed by atoms with Gasteiger partial charge in [0.25, 0.3) is 5.89 Å². The van der Waals surface area contributed by atoms with Crippen LogP contribution in [0.4, 0.5) is 10.5 Å². The molecule has 6 nitrogen and oxygen atoms in total. The first-order chi connectivity index (χ1) is 16.3. The second-order valence-electron chi connectivity index (χ2n) is 8.73. The second kappa shape index (κ2) is 8.57. The van der Waals surface area contributed by atoms with E-state index in [1.165, 1.54) is 11.1 Å². The molecule has 2 amide bonds. The number of carbonyl (C=O) groups is 1. The standard InChI is InChI=1S/C27H26N4O2S/c1-15-8-10-20(13-17(15)3)24-23(26-29-25(30-33-26)22-7-6-12-34-22)19(5)31(27(32)28-24)21-11-9-16(2)18(4)14-21/h6-14,24H,1-5H3,(H,28,32). The van der Waals surface area contributed by atoms with Gasteiger partial charge in [0, 0.05) is 5.70 Å². The highest BCUT2D eigenvalue weighted by Gasteiger charge is 2.36. The van der Waals surface area contributed by atoms with Crippen LogP contribution in [0.25, 0.3) is 16.3 Å². The van der Waals surface area contributed by atoms with E-state index in [0.717, 1.165) is 38.5 Å². The van der Waals surface area contributed by atoms with Crippen molar-refractivity contribution >= 4 is 28.6 Å². The van der Waals surface area contributed by atoms with Gasteiger partial charge in [-0.15, -0.1) is 11.3 Å². The summed E-state index contributed by atoms with van der Waals surface area (Å²) in [6.07, 6.45) is 0. The molecule has 0 fully saturated rings. The third kappa shape index (κ3) is 3.82. The molecule has 1 atom stereocenters. The minimum absolute atomic E-state index is 0.189. The van der Waals surface area contributed by atoms with Crippen LogP contribution in [0.2, 0.25) is 0 Å². The van der Waals surface area contributed by atoms with Crippen molar-refractivity contribution in [3.8, 4) is 10.7 Å². The van der Waals surface area contributed by atoms with E-state index in [0.29, 0.717) is 11.7 Å². The third-order valence-corrected chi connectivity index (χ3v) is 7.36. The van der Waals surface area contributed by atoms with E-state index in [-0.39, 0.29) is 6.03 Å². The summed E-state index contributed by atoms with van der Waals surface area (Å²) in [4.78, 5) is 20.8. The maximum atomic E-state index is 13.4. The van der Waals surface area contributed by atoms with E-state index in [1.54, 1.807) is 16.2 Å². The number of allylic oxidation sites excluding steroid dienone is 1. The van der Waals surface area contributed by atoms with Gasteiger partial charge in [-0.1, -0.05) is 35.5 Å². The lowest BCUT2D eigenvalue weighted by Crippen LogP contribution is -2.46. The van der Waals surface area contributed by atoms with Gasteiger partial charge < -0.3 is 9.84 Å². The Morgan fingerprint density at radius 2 is 1.68 bits per heavy atom. The van der Waals surface area contributed by atoms with Crippen LogP contribution in [0.3, 0.4) is 0 Å². The third-order valence-electron chi connectivity index (χ3n) is 6.50. The number of hydrogen-bond donors (Lipinski definition) is 1. The van der Waals surface area contributed by atoms with Gasteiger partial charge in [0.15, 0.2) is 0 Å². The lowest BCUT2D eigenvalue weighted by molar-refractivity contribution is 0.244. The molecule has 5 rings (SSSR count). The molecule has 0 aliphatic carbocycles. The number of thiophene rings is 1. The topological polar surface area (TPSA) is 71.3 Å². The molecule has 0 saturated carbocycles. The van der Waals surface area contributed by atoms with E-state index < -0.39 is 6.04 Å². The Morgan fingerprint density at radius 1 is 0.941 bits per heavy atom. The highest BCUT2D eigenvalue weighted by atomic mass is 32.1. The molecule has 1 N–H and O–H groups in total. The quantitative estimate of drug-likeness (QED) is 0.359.